The third-order valence-electron chi connectivity index (χ3n) is 7.05. The van der Waals surface area contributed by atoms with Gasteiger partial charge in [-0.05, 0) is 42.0 Å². The van der Waals surface area contributed by atoms with E-state index in [1.165, 1.54) is 16.4 Å². The smallest absolute Gasteiger partial charge is 0.338 e. The molecule has 0 aromatic heterocycles. The van der Waals surface area contributed by atoms with Gasteiger partial charge in [-0.1, -0.05) is 35.9 Å². The van der Waals surface area contributed by atoms with E-state index in [1.54, 1.807) is 13.1 Å². The van der Waals surface area contributed by atoms with Crippen molar-refractivity contribution >= 4 is 39.0 Å². The summed E-state index contributed by atoms with van der Waals surface area (Å²) < 4.78 is 49.0. The summed E-state index contributed by atoms with van der Waals surface area (Å²) in [6.07, 6.45) is 0. The standard InChI is InChI=1S/C27H27ClFN3O5S/c1-30-20(16-31-9-11-37-12-10-31)17-32(19-5-3-2-4-6-19)25-15-23(28)21(14-26(25)38(30,35)36)18-7-8-24(29)22(13-18)27(33)34/h2-8,13-15,20H,9-12,16-17H2,1H3,(H,33,34)/t20-/m1/s1. The number of carboxylic acid groups (broad SMARTS) is 1. The minimum absolute atomic E-state index is 0.0360. The van der Waals surface area contributed by atoms with Crippen molar-refractivity contribution in [3.05, 3.63) is 77.1 Å². The van der Waals surface area contributed by atoms with Crippen LogP contribution < -0.4 is 4.90 Å². The van der Waals surface area contributed by atoms with Crippen LogP contribution in [0.1, 0.15) is 10.4 Å². The van der Waals surface area contributed by atoms with Gasteiger partial charge in [-0.2, -0.15) is 4.31 Å². The molecule has 3 aromatic carbocycles. The lowest BCUT2D eigenvalue weighted by Crippen LogP contribution is -2.50. The molecule has 0 bridgehead atoms. The van der Waals surface area contributed by atoms with Crippen molar-refractivity contribution in [1.29, 1.82) is 0 Å². The Morgan fingerprint density at radius 2 is 1.82 bits per heavy atom. The summed E-state index contributed by atoms with van der Waals surface area (Å²) in [5.41, 5.74) is 1.30. The minimum Gasteiger partial charge on any atom is -0.478 e. The predicted molar refractivity (Wildman–Crippen MR) is 143 cm³/mol. The van der Waals surface area contributed by atoms with Gasteiger partial charge in [-0.15, -0.1) is 0 Å². The zero-order chi connectivity index (χ0) is 27.0. The number of carboxylic acids is 1. The molecule has 0 radical (unpaired) electrons. The van der Waals surface area contributed by atoms with Crippen LogP contribution in [-0.2, 0) is 14.8 Å². The van der Waals surface area contributed by atoms with Gasteiger partial charge in [-0.25, -0.2) is 17.6 Å². The van der Waals surface area contributed by atoms with E-state index in [-0.39, 0.29) is 16.0 Å². The van der Waals surface area contributed by atoms with Crippen molar-refractivity contribution in [2.45, 2.75) is 10.9 Å². The van der Waals surface area contributed by atoms with Crippen LogP contribution in [0, 0.1) is 5.82 Å². The Balaban J connectivity index is 1.66. The van der Waals surface area contributed by atoms with Gasteiger partial charge < -0.3 is 14.7 Å². The fraction of sp³-hybridized carbons (Fsp3) is 0.296. The van der Waals surface area contributed by atoms with E-state index in [0.717, 1.165) is 30.9 Å². The number of hydrogen-bond acceptors (Lipinski definition) is 6. The summed E-state index contributed by atoms with van der Waals surface area (Å²) in [6, 6.07) is 15.7. The van der Waals surface area contributed by atoms with Crippen LogP contribution in [0.4, 0.5) is 15.8 Å². The highest BCUT2D eigenvalue weighted by molar-refractivity contribution is 7.89. The number of carbonyl (C=O) groups is 1. The molecule has 3 aromatic rings. The van der Waals surface area contributed by atoms with Crippen molar-refractivity contribution in [3.8, 4) is 11.1 Å². The molecule has 200 valence electrons. The van der Waals surface area contributed by atoms with E-state index < -0.39 is 27.4 Å². The largest absolute Gasteiger partial charge is 0.478 e. The van der Waals surface area contributed by atoms with Crippen molar-refractivity contribution < 1.29 is 27.4 Å². The molecular weight excluding hydrogens is 533 g/mol. The number of morpholine rings is 1. The van der Waals surface area contributed by atoms with Gasteiger partial charge in [0.1, 0.15) is 10.7 Å². The summed E-state index contributed by atoms with van der Waals surface area (Å²) in [5, 5.41) is 9.60. The molecule has 11 heteroatoms. The average Bonchev–Trinajstić information content (AvgIpc) is 2.98. The third-order valence-corrected chi connectivity index (χ3v) is 9.30. The Hall–Kier alpha value is -3.02. The molecule has 38 heavy (non-hydrogen) atoms. The Kier molecular flexibility index (Phi) is 7.43. The Morgan fingerprint density at radius 1 is 1.11 bits per heavy atom. The van der Waals surface area contributed by atoms with E-state index in [1.807, 2.05) is 35.2 Å². The number of halogens is 2. The highest BCUT2D eigenvalue weighted by Gasteiger charge is 2.38. The van der Waals surface area contributed by atoms with Crippen LogP contribution in [0.2, 0.25) is 5.02 Å². The molecular formula is C27H27ClFN3O5S. The number of para-hydroxylation sites is 1. The van der Waals surface area contributed by atoms with Gasteiger partial charge in [0.15, 0.2) is 0 Å². The number of likely N-dealkylation sites (N-methyl/N-ethyl adjacent to an activating group) is 1. The molecule has 2 aliphatic rings. The molecule has 2 heterocycles. The van der Waals surface area contributed by atoms with E-state index >= 15 is 0 Å². The van der Waals surface area contributed by atoms with Gasteiger partial charge in [0.25, 0.3) is 0 Å². The van der Waals surface area contributed by atoms with E-state index in [4.69, 9.17) is 16.3 Å². The SMILES string of the molecule is CN1[C@H](CN2CCOCC2)CN(c2ccccc2)c2cc(Cl)c(-c3ccc(F)c(C(=O)O)c3)cc2S1(=O)=O. The second kappa shape index (κ2) is 10.6. The van der Waals surface area contributed by atoms with E-state index in [2.05, 4.69) is 4.90 Å². The average molecular weight is 560 g/mol. The zero-order valence-corrected chi connectivity index (χ0v) is 22.3. The first-order valence-electron chi connectivity index (χ1n) is 12.1. The fourth-order valence-electron chi connectivity index (χ4n) is 4.92. The van der Waals surface area contributed by atoms with Crippen LogP contribution >= 0.6 is 11.6 Å². The summed E-state index contributed by atoms with van der Waals surface area (Å²) in [6.45, 7) is 3.54. The summed E-state index contributed by atoms with van der Waals surface area (Å²) in [5.74, 6) is -2.32. The lowest BCUT2D eigenvalue weighted by Gasteiger charge is -2.35. The number of nitrogens with zero attached hydrogens (tertiary/aromatic N) is 3. The number of aromatic carboxylic acids is 1. The Bertz CT molecular complexity index is 1470. The normalized spacial score (nSPS) is 20.1. The second-order valence-electron chi connectivity index (χ2n) is 9.33. The molecule has 1 atom stereocenters. The minimum atomic E-state index is -4.00. The number of benzene rings is 3. The van der Waals surface area contributed by atoms with Crippen molar-refractivity contribution in [2.24, 2.45) is 0 Å². The van der Waals surface area contributed by atoms with E-state index in [9.17, 15) is 22.7 Å². The molecule has 5 rings (SSSR count). The number of hydrogen-bond donors (Lipinski definition) is 1. The topological polar surface area (TPSA) is 90.4 Å². The zero-order valence-electron chi connectivity index (χ0n) is 20.7. The molecule has 8 nitrogen and oxygen atoms in total. The van der Waals surface area contributed by atoms with Crippen molar-refractivity contribution in [2.75, 3.05) is 51.3 Å². The number of rotatable bonds is 5. The number of sulfonamides is 1. The first kappa shape index (κ1) is 26.6. The lowest BCUT2D eigenvalue weighted by atomic mass is 10.0. The molecule has 1 N–H and O–H groups in total. The molecule has 0 saturated carbocycles. The second-order valence-corrected chi connectivity index (χ2v) is 11.7. The molecule has 0 amide bonds. The molecule has 1 fully saturated rings. The maximum absolute atomic E-state index is 14.1. The maximum Gasteiger partial charge on any atom is 0.338 e. The van der Waals surface area contributed by atoms with Gasteiger partial charge in [0, 0.05) is 44.5 Å². The summed E-state index contributed by atoms with van der Waals surface area (Å²) in [4.78, 5) is 15.7. The van der Waals surface area contributed by atoms with Gasteiger partial charge in [0.2, 0.25) is 10.0 Å². The molecule has 0 unspecified atom stereocenters. The van der Waals surface area contributed by atoms with Crippen molar-refractivity contribution in [3.63, 3.8) is 0 Å². The molecule has 0 spiro atoms. The van der Waals surface area contributed by atoms with E-state index in [0.29, 0.717) is 43.1 Å². The van der Waals surface area contributed by atoms with Crippen molar-refractivity contribution in [1.82, 2.24) is 9.21 Å². The van der Waals surface area contributed by atoms with Gasteiger partial charge >= 0.3 is 5.97 Å². The summed E-state index contributed by atoms with van der Waals surface area (Å²) >= 11 is 6.70. The Morgan fingerprint density at radius 3 is 2.50 bits per heavy atom. The quantitative estimate of drug-likeness (QED) is 0.498. The molecule has 2 aliphatic heterocycles. The van der Waals surface area contributed by atoms with Crippen LogP contribution in [0.3, 0.4) is 0 Å². The third kappa shape index (κ3) is 5.02. The van der Waals surface area contributed by atoms with Crippen LogP contribution in [0.25, 0.3) is 11.1 Å². The fourth-order valence-corrected chi connectivity index (χ4v) is 6.72. The maximum atomic E-state index is 14.1. The van der Waals surface area contributed by atoms with Crippen LogP contribution in [0.15, 0.2) is 65.6 Å². The highest BCUT2D eigenvalue weighted by atomic mass is 35.5. The monoisotopic (exact) mass is 559 g/mol. The Labute approximate surface area is 225 Å². The predicted octanol–water partition coefficient (Wildman–Crippen LogP) is 4.32. The number of fused-ring (bicyclic) bond motifs is 1. The summed E-state index contributed by atoms with van der Waals surface area (Å²) in [7, 11) is -2.42. The van der Waals surface area contributed by atoms with Gasteiger partial charge in [0.05, 0.1) is 35.5 Å². The number of ether oxygens (including phenoxy) is 1. The van der Waals surface area contributed by atoms with Crippen LogP contribution in [-0.4, -0.2) is 81.2 Å². The molecule has 1 saturated heterocycles. The number of anilines is 2. The lowest BCUT2D eigenvalue weighted by molar-refractivity contribution is 0.0308. The molecule has 0 aliphatic carbocycles. The van der Waals surface area contributed by atoms with Crippen LogP contribution in [0.5, 0.6) is 0 Å². The first-order chi connectivity index (χ1) is 18.2. The first-order valence-corrected chi connectivity index (χ1v) is 14.0. The highest BCUT2D eigenvalue weighted by Crippen LogP contribution is 2.42. The van der Waals surface area contributed by atoms with Gasteiger partial charge in [-0.3, -0.25) is 4.90 Å².